The van der Waals surface area contributed by atoms with Crippen molar-refractivity contribution in [3.8, 4) is 0 Å². The Bertz CT molecular complexity index is 433. The summed E-state index contributed by atoms with van der Waals surface area (Å²) in [5, 5.41) is 0. The summed E-state index contributed by atoms with van der Waals surface area (Å²) in [6.45, 7) is 4.01. The van der Waals surface area contributed by atoms with Crippen LogP contribution in [-0.4, -0.2) is 48.9 Å². The van der Waals surface area contributed by atoms with Gasteiger partial charge in [0.2, 0.25) is 5.91 Å². The highest BCUT2D eigenvalue weighted by molar-refractivity contribution is 5.78. The second-order valence-corrected chi connectivity index (χ2v) is 6.06. The van der Waals surface area contributed by atoms with Crippen LogP contribution in [0, 0.1) is 5.92 Å². The smallest absolute Gasteiger partial charge is 0.236 e. The number of likely N-dealkylation sites (N-methyl/N-ethyl adjacent to an activating group) is 1. The molecule has 1 heterocycles. The number of nitrogens with two attached hydrogens (primary N) is 1. The van der Waals surface area contributed by atoms with Gasteiger partial charge in [-0.15, -0.1) is 0 Å². The van der Waals surface area contributed by atoms with Gasteiger partial charge >= 0.3 is 0 Å². The number of hydrogen-bond acceptors (Lipinski definition) is 3. The van der Waals surface area contributed by atoms with Crippen LogP contribution in [0.15, 0.2) is 30.3 Å². The molecule has 1 aromatic carbocycles. The van der Waals surface area contributed by atoms with E-state index in [1.54, 1.807) is 0 Å². The summed E-state index contributed by atoms with van der Waals surface area (Å²) in [7, 11) is 1.89. The quantitative estimate of drug-likeness (QED) is 0.867. The number of carbonyl (C=O) groups excluding carboxylic acids is 1. The Hall–Kier alpha value is -1.39. The summed E-state index contributed by atoms with van der Waals surface area (Å²) in [4.78, 5) is 16.4. The van der Waals surface area contributed by atoms with E-state index in [0.717, 1.165) is 26.1 Å². The van der Waals surface area contributed by atoms with Crippen molar-refractivity contribution in [1.82, 2.24) is 9.80 Å². The number of nitrogens with zero attached hydrogens (tertiary/aromatic N) is 2. The normalized spacial score (nSPS) is 19.4. The average Bonchev–Trinajstić information content (AvgIpc) is 2.49. The van der Waals surface area contributed by atoms with Crippen LogP contribution in [0.25, 0.3) is 0 Å². The van der Waals surface area contributed by atoms with E-state index in [9.17, 15) is 4.79 Å². The molecule has 0 aliphatic carbocycles. The molecule has 1 aromatic rings. The number of amides is 1. The zero-order valence-corrected chi connectivity index (χ0v) is 13.0. The van der Waals surface area contributed by atoms with Crippen LogP contribution < -0.4 is 5.73 Å². The first-order valence-electron chi connectivity index (χ1n) is 7.89. The predicted octanol–water partition coefficient (Wildman–Crippen LogP) is 1.71. The fourth-order valence-electron chi connectivity index (χ4n) is 3.02. The molecule has 0 spiro atoms. The Kier molecular flexibility index (Phi) is 6.21. The SMILES string of the molecule is CN(Cc1ccccc1)C(=O)CN1CCCC(CCN)C1. The third-order valence-corrected chi connectivity index (χ3v) is 4.23. The third-order valence-electron chi connectivity index (χ3n) is 4.23. The molecule has 116 valence electrons. The highest BCUT2D eigenvalue weighted by atomic mass is 16.2. The number of piperidine rings is 1. The molecule has 1 atom stereocenters. The van der Waals surface area contributed by atoms with Crippen molar-refractivity contribution in [1.29, 1.82) is 0 Å². The van der Waals surface area contributed by atoms with Crippen molar-refractivity contribution in [3.05, 3.63) is 35.9 Å². The first kappa shape index (κ1) is 16.0. The van der Waals surface area contributed by atoms with E-state index >= 15 is 0 Å². The molecule has 1 unspecified atom stereocenters. The van der Waals surface area contributed by atoms with Crippen molar-refractivity contribution in [3.63, 3.8) is 0 Å². The lowest BCUT2D eigenvalue weighted by atomic mass is 9.95. The number of benzene rings is 1. The highest BCUT2D eigenvalue weighted by Crippen LogP contribution is 2.18. The van der Waals surface area contributed by atoms with Gasteiger partial charge in [0, 0.05) is 20.1 Å². The zero-order chi connectivity index (χ0) is 15.1. The molecule has 21 heavy (non-hydrogen) atoms. The van der Waals surface area contributed by atoms with E-state index in [1.807, 2.05) is 30.1 Å². The Morgan fingerprint density at radius 2 is 2.14 bits per heavy atom. The Morgan fingerprint density at radius 1 is 1.38 bits per heavy atom. The lowest BCUT2D eigenvalue weighted by Crippen LogP contribution is -2.43. The van der Waals surface area contributed by atoms with E-state index in [4.69, 9.17) is 5.73 Å². The minimum Gasteiger partial charge on any atom is -0.340 e. The summed E-state index contributed by atoms with van der Waals surface area (Å²) in [5.41, 5.74) is 6.82. The summed E-state index contributed by atoms with van der Waals surface area (Å²) in [5.74, 6) is 0.864. The molecule has 1 saturated heterocycles. The molecule has 0 bridgehead atoms. The van der Waals surface area contributed by atoms with Crippen LogP contribution in [0.5, 0.6) is 0 Å². The molecule has 4 heteroatoms. The fraction of sp³-hybridized carbons (Fsp3) is 0.588. The minimum absolute atomic E-state index is 0.201. The molecule has 0 saturated carbocycles. The van der Waals surface area contributed by atoms with Crippen LogP contribution in [0.2, 0.25) is 0 Å². The number of likely N-dealkylation sites (tertiary alicyclic amines) is 1. The third kappa shape index (κ3) is 5.14. The molecular formula is C17H27N3O. The highest BCUT2D eigenvalue weighted by Gasteiger charge is 2.22. The van der Waals surface area contributed by atoms with E-state index in [1.165, 1.54) is 18.4 Å². The van der Waals surface area contributed by atoms with Crippen LogP contribution in [0.3, 0.4) is 0 Å². The maximum absolute atomic E-state index is 12.3. The first-order valence-corrected chi connectivity index (χ1v) is 7.89. The van der Waals surface area contributed by atoms with E-state index in [-0.39, 0.29) is 5.91 Å². The molecule has 1 fully saturated rings. The molecule has 0 aromatic heterocycles. The second kappa shape index (κ2) is 8.15. The van der Waals surface area contributed by atoms with Gasteiger partial charge in [-0.3, -0.25) is 9.69 Å². The molecule has 1 aliphatic heterocycles. The number of carbonyl (C=O) groups is 1. The maximum atomic E-state index is 12.3. The van der Waals surface area contributed by atoms with Gasteiger partial charge in [0.05, 0.1) is 6.54 Å². The number of hydrogen-bond donors (Lipinski definition) is 1. The zero-order valence-electron chi connectivity index (χ0n) is 13.0. The maximum Gasteiger partial charge on any atom is 0.236 e. The first-order chi connectivity index (χ1) is 10.2. The van der Waals surface area contributed by atoms with Gasteiger partial charge in [-0.1, -0.05) is 30.3 Å². The number of rotatable bonds is 6. The van der Waals surface area contributed by atoms with Crippen LogP contribution in [0.4, 0.5) is 0 Å². The molecule has 1 amide bonds. The Labute approximate surface area is 127 Å². The van der Waals surface area contributed by atoms with Gasteiger partial charge in [-0.25, -0.2) is 0 Å². The van der Waals surface area contributed by atoms with Crippen molar-refractivity contribution in [2.75, 3.05) is 33.2 Å². The summed E-state index contributed by atoms with van der Waals surface area (Å²) in [6, 6.07) is 10.1. The van der Waals surface area contributed by atoms with E-state index < -0.39 is 0 Å². The lowest BCUT2D eigenvalue weighted by Gasteiger charge is -2.33. The molecule has 2 N–H and O–H groups in total. The van der Waals surface area contributed by atoms with Gasteiger partial charge in [0.25, 0.3) is 0 Å². The molecule has 1 aliphatic rings. The predicted molar refractivity (Wildman–Crippen MR) is 85.8 cm³/mol. The lowest BCUT2D eigenvalue weighted by molar-refractivity contribution is -0.132. The van der Waals surface area contributed by atoms with Crippen molar-refractivity contribution in [2.45, 2.75) is 25.8 Å². The molecule has 2 rings (SSSR count). The van der Waals surface area contributed by atoms with Gasteiger partial charge in [0.15, 0.2) is 0 Å². The van der Waals surface area contributed by atoms with Gasteiger partial charge in [-0.05, 0) is 43.8 Å². The van der Waals surface area contributed by atoms with Gasteiger partial charge in [-0.2, -0.15) is 0 Å². The summed E-state index contributed by atoms with van der Waals surface area (Å²) >= 11 is 0. The average molecular weight is 289 g/mol. The van der Waals surface area contributed by atoms with Crippen molar-refractivity contribution >= 4 is 5.91 Å². The Morgan fingerprint density at radius 3 is 2.86 bits per heavy atom. The topological polar surface area (TPSA) is 49.6 Å². The van der Waals surface area contributed by atoms with Crippen LogP contribution in [-0.2, 0) is 11.3 Å². The van der Waals surface area contributed by atoms with E-state index in [2.05, 4.69) is 17.0 Å². The minimum atomic E-state index is 0.201. The van der Waals surface area contributed by atoms with Crippen molar-refractivity contribution in [2.24, 2.45) is 11.7 Å². The fourth-order valence-corrected chi connectivity index (χ4v) is 3.02. The standard InChI is InChI=1S/C17H27N3O/c1-19(12-15-6-3-2-4-7-15)17(21)14-20-11-5-8-16(13-20)9-10-18/h2-4,6-7,16H,5,8-14,18H2,1H3. The van der Waals surface area contributed by atoms with Crippen LogP contribution >= 0.6 is 0 Å². The molecular weight excluding hydrogens is 262 g/mol. The monoisotopic (exact) mass is 289 g/mol. The summed E-state index contributed by atoms with van der Waals surface area (Å²) < 4.78 is 0. The van der Waals surface area contributed by atoms with Crippen LogP contribution in [0.1, 0.15) is 24.8 Å². The molecule has 0 radical (unpaired) electrons. The second-order valence-electron chi connectivity index (χ2n) is 6.06. The van der Waals surface area contributed by atoms with E-state index in [0.29, 0.717) is 19.0 Å². The summed E-state index contributed by atoms with van der Waals surface area (Å²) in [6.07, 6.45) is 3.51. The van der Waals surface area contributed by atoms with Gasteiger partial charge < -0.3 is 10.6 Å². The largest absolute Gasteiger partial charge is 0.340 e. The molecule has 4 nitrogen and oxygen atoms in total. The van der Waals surface area contributed by atoms with Gasteiger partial charge in [0.1, 0.15) is 0 Å². The van der Waals surface area contributed by atoms with Crippen molar-refractivity contribution < 1.29 is 4.79 Å². The Balaban J connectivity index is 1.80.